The second-order valence-electron chi connectivity index (χ2n) is 8.18. The van der Waals surface area contributed by atoms with Gasteiger partial charge in [-0.25, -0.2) is 0 Å². The van der Waals surface area contributed by atoms with E-state index in [0.717, 1.165) is 11.8 Å². The van der Waals surface area contributed by atoms with E-state index < -0.39 is 0 Å². The van der Waals surface area contributed by atoms with E-state index in [-0.39, 0.29) is 0 Å². The van der Waals surface area contributed by atoms with E-state index in [1.807, 2.05) is 0 Å². The highest BCUT2D eigenvalue weighted by Crippen LogP contribution is 2.31. The summed E-state index contributed by atoms with van der Waals surface area (Å²) in [6.45, 7) is 11.9. The average molecular weight is 304 g/mol. The summed E-state index contributed by atoms with van der Waals surface area (Å²) in [5.41, 5.74) is 3.48. The fraction of sp³-hybridized carbons (Fsp3) is 0.810. The van der Waals surface area contributed by atoms with Crippen LogP contribution in [0.25, 0.3) is 0 Å². The standard InChI is InChI=1S/C21H37N/c1-17(2)15-19-7-5-8-20(11-10-19)16-21-9-6-13-22(14-12-21)18(3)4/h7,9,17-18,20H,5-6,8,10-16H2,1-4H3. The third kappa shape index (κ3) is 5.91. The first-order chi connectivity index (χ1) is 10.5. The lowest BCUT2D eigenvalue weighted by Crippen LogP contribution is -2.31. The quantitative estimate of drug-likeness (QED) is 0.565. The number of hydrogen-bond acceptors (Lipinski definition) is 1. The van der Waals surface area contributed by atoms with Gasteiger partial charge in [0.15, 0.2) is 0 Å². The molecular formula is C21H37N. The SMILES string of the molecule is CC(C)CC1=CCCC(CC2=CCCN(C(C)C)CC2)CC1. The van der Waals surface area contributed by atoms with Gasteiger partial charge in [0.25, 0.3) is 0 Å². The van der Waals surface area contributed by atoms with Crippen LogP contribution in [0, 0.1) is 11.8 Å². The molecule has 0 aromatic heterocycles. The Morgan fingerprint density at radius 2 is 1.73 bits per heavy atom. The molecule has 0 bridgehead atoms. The minimum atomic E-state index is 0.702. The van der Waals surface area contributed by atoms with Crippen LogP contribution < -0.4 is 0 Å². The third-order valence-corrected chi connectivity index (χ3v) is 5.40. The van der Waals surface area contributed by atoms with Gasteiger partial charge in [0, 0.05) is 19.1 Å². The van der Waals surface area contributed by atoms with E-state index in [2.05, 4.69) is 44.7 Å². The summed E-state index contributed by atoms with van der Waals surface area (Å²) in [6, 6.07) is 0.702. The molecule has 2 aliphatic rings. The van der Waals surface area contributed by atoms with E-state index in [9.17, 15) is 0 Å². The average Bonchev–Trinajstić information content (AvgIpc) is 2.80. The van der Waals surface area contributed by atoms with Crippen LogP contribution in [0.15, 0.2) is 23.3 Å². The summed E-state index contributed by atoms with van der Waals surface area (Å²) in [7, 11) is 0. The molecule has 0 amide bonds. The topological polar surface area (TPSA) is 3.24 Å². The first-order valence-corrected chi connectivity index (χ1v) is 9.64. The largest absolute Gasteiger partial charge is 0.300 e. The number of allylic oxidation sites excluding steroid dienone is 2. The Balaban J connectivity index is 1.79. The van der Waals surface area contributed by atoms with Crippen LogP contribution in [0.5, 0.6) is 0 Å². The summed E-state index contributed by atoms with van der Waals surface area (Å²) < 4.78 is 0. The van der Waals surface area contributed by atoms with Gasteiger partial charge in [0.2, 0.25) is 0 Å². The monoisotopic (exact) mass is 303 g/mol. The Hall–Kier alpha value is -0.560. The first-order valence-electron chi connectivity index (χ1n) is 9.64. The second kappa shape index (κ2) is 8.91. The Bertz CT molecular complexity index is 389. The number of nitrogens with zero attached hydrogens (tertiary/aromatic N) is 1. The number of hydrogen-bond donors (Lipinski definition) is 0. The molecule has 126 valence electrons. The van der Waals surface area contributed by atoms with Gasteiger partial charge in [-0.15, -0.1) is 0 Å². The summed E-state index contributed by atoms with van der Waals surface area (Å²) in [5.74, 6) is 1.74. The predicted molar refractivity (Wildman–Crippen MR) is 98.1 cm³/mol. The zero-order valence-corrected chi connectivity index (χ0v) is 15.4. The first kappa shape index (κ1) is 17.8. The van der Waals surface area contributed by atoms with Gasteiger partial charge in [0.05, 0.1) is 0 Å². The minimum absolute atomic E-state index is 0.702. The normalized spacial score (nSPS) is 24.9. The Morgan fingerprint density at radius 3 is 2.45 bits per heavy atom. The second-order valence-corrected chi connectivity index (χ2v) is 8.18. The van der Waals surface area contributed by atoms with E-state index in [4.69, 9.17) is 0 Å². The summed E-state index contributed by atoms with van der Waals surface area (Å²) in [6.07, 6.45) is 15.9. The molecule has 1 unspecified atom stereocenters. The lowest BCUT2D eigenvalue weighted by molar-refractivity contribution is 0.232. The fourth-order valence-electron chi connectivity index (χ4n) is 4.08. The van der Waals surface area contributed by atoms with E-state index in [0.29, 0.717) is 6.04 Å². The zero-order chi connectivity index (χ0) is 15.9. The van der Waals surface area contributed by atoms with E-state index in [1.165, 1.54) is 64.5 Å². The smallest absolute Gasteiger partial charge is 0.00388 e. The van der Waals surface area contributed by atoms with Crippen molar-refractivity contribution in [3.05, 3.63) is 23.3 Å². The molecule has 1 nitrogen and oxygen atoms in total. The van der Waals surface area contributed by atoms with Crippen LogP contribution in [0.1, 0.15) is 79.1 Å². The molecule has 0 spiro atoms. The van der Waals surface area contributed by atoms with Crippen LogP contribution in [0.3, 0.4) is 0 Å². The molecule has 0 saturated carbocycles. The maximum atomic E-state index is 2.64. The maximum absolute atomic E-state index is 2.64. The molecule has 0 N–H and O–H groups in total. The third-order valence-electron chi connectivity index (χ3n) is 5.40. The molecular weight excluding hydrogens is 266 g/mol. The fourth-order valence-corrected chi connectivity index (χ4v) is 4.08. The van der Waals surface area contributed by atoms with Gasteiger partial charge in [0.1, 0.15) is 0 Å². The lowest BCUT2D eigenvalue weighted by Gasteiger charge is -2.24. The van der Waals surface area contributed by atoms with Crippen molar-refractivity contribution in [2.24, 2.45) is 11.8 Å². The molecule has 1 aliphatic heterocycles. The number of rotatable bonds is 5. The summed E-state index contributed by atoms with van der Waals surface area (Å²) in [4.78, 5) is 2.64. The van der Waals surface area contributed by atoms with Crippen LogP contribution in [0.4, 0.5) is 0 Å². The van der Waals surface area contributed by atoms with Crippen LogP contribution in [-0.2, 0) is 0 Å². The molecule has 1 atom stereocenters. The Labute approximate surface area is 138 Å². The minimum Gasteiger partial charge on any atom is -0.300 e. The predicted octanol–water partition coefficient (Wildman–Crippen LogP) is 5.97. The summed E-state index contributed by atoms with van der Waals surface area (Å²) in [5, 5.41) is 0. The maximum Gasteiger partial charge on any atom is 0.00388 e. The van der Waals surface area contributed by atoms with Gasteiger partial charge in [-0.3, -0.25) is 0 Å². The van der Waals surface area contributed by atoms with Crippen molar-refractivity contribution in [1.82, 2.24) is 4.90 Å². The highest BCUT2D eigenvalue weighted by molar-refractivity contribution is 5.09. The van der Waals surface area contributed by atoms with Crippen molar-refractivity contribution in [1.29, 1.82) is 0 Å². The van der Waals surface area contributed by atoms with Crippen molar-refractivity contribution < 1.29 is 0 Å². The highest BCUT2D eigenvalue weighted by Gasteiger charge is 2.18. The molecule has 1 aliphatic carbocycles. The molecule has 1 heterocycles. The van der Waals surface area contributed by atoms with Crippen molar-refractivity contribution in [2.75, 3.05) is 13.1 Å². The van der Waals surface area contributed by atoms with E-state index >= 15 is 0 Å². The van der Waals surface area contributed by atoms with Crippen molar-refractivity contribution in [3.8, 4) is 0 Å². The van der Waals surface area contributed by atoms with Crippen molar-refractivity contribution in [2.45, 2.75) is 85.1 Å². The Kier molecular flexibility index (Phi) is 7.21. The molecule has 0 radical (unpaired) electrons. The summed E-state index contributed by atoms with van der Waals surface area (Å²) >= 11 is 0. The van der Waals surface area contributed by atoms with Crippen molar-refractivity contribution >= 4 is 0 Å². The molecule has 0 saturated heterocycles. The van der Waals surface area contributed by atoms with Crippen LogP contribution in [0.2, 0.25) is 0 Å². The van der Waals surface area contributed by atoms with Crippen LogP contribution >= 0.6 is 0 Å². The van der Waals surface area contributed by atoms with Gasteiger partial charge < -0.3 is 4.90 Å². The van der Waals surface area contributed by atoms with Gasteiger partial charge in [-0.1, -0.05) is 37.1 Å². The molecule has 2 rings (SSSR count). The van der Waals surface area contributed by atoms with Gasteiger partial charge in [-0.2, -0.15) is 0 Å². The zero-order valence-electron chi connectivity index (χ0n) is 15.4. The van der Waals surface area contributed by atoms with Gasteiger partial charge >= 0.3 is 0 Å². The van der Waals surface area contributed by atoms with Crippen LogP contribution in [-0.4, -0.2) is 24.0 Å². The molecule has 22 heavy (non-hydrogen) atoms. The molecule has 0 aromatic rings. The Morgan fingerprint density at radius 1 is 0.955 bits per heavy atom. The molecule has 0 fully saturated rings. The molecule has 1 heteroatoms. The van der Waals surface area contributed by atoms with E-state index in [1.54, 1.807) is 11.1 Å². The highest BCUT2D eigenvalue weighted by atomic mass is 15.1. The molecule has 0 aromatic carbocycles. The van der Waals surface area contributed by atoms with Crippen molar-refractivity contribution in [3.63, 3.8) is 0 Å². The lowest BCUT2D eigenvalue weighted by atomic mass is 9.89. The van der Waals surface area contributed by atoms with Gasteiger partial charge in [-0.05, 0) is 77.0 Å².